The Balaban J connectivity index is 1.83. The largest absolute Gasteiger partial charge is 0.497 e. The van der Waals surface area contributed by atoms with Crippen LogP contribution in [-0.4, -0.2) is 24.5 Å². The summed E-state index contributed by atoms with van der Waals surface area (Å²) >= 11 is 1.42. The minimum Gasteiger partial charge on any atom is -0.497 e. The number of benzene rings is 1. The van der Waals surface area contributed by atoms with E-state index in [2.05, 4.69) is 4.98 Å². The Morgan fingerprint density at radius 1 is 1.32 bits per heavy atom. The van der Waals surface area contributed by atoms with Gasteiger partial charge in [-0.05, 0) is 24.3 Å². The summed E-state index contributed by atoms with van der Waals surface area (Å²) in [7, 11) is 1.63. The van der Waals surface area contributed by atoms with Gasteiger partial charge in [-0.2, -0.15) is 0 Å². The summed E-state index contributed by atoms with van der Waals surface area (Å²) in [5.74, 6) is 1.65. The van der Waals surface area contributed by atoms with Gasteiger partial charge < -0.3 is 15.2 Å². The van der Waals surface area contributed by atoms with E-state index in [4.69, 9.17) is 20.6 Å². The number of aromatic nitrogens is 1. The van der Waals surface area contributed by atoms with Gasteiger partial charge in [-0.25, -0.2) is 4.98 Å². The SMILES string of the molecule is COc1ccc(OCCc2ncc(C(=N)N)s2)cc1. The van der Waals surface area contributed by atoms with Gasteiger partial charge in [0.25, 0.3) is 0 Å². The molecule has 3 N–H and O–H groups in total. The van der Waals surface area contributed by atoms with Crippen molar-refractivity contribution in [3.05, 3.63) is 40.3 Å². The van der Waals surface area contributed by atoms with Gasteiger partial charge >= 0.3 is 0 Å². The van der Waals surface area contributed by atoms with Crippen LogP contribution in [0.15, 0.2) is 30.5 Å². The molecule has 0 atom stereocenters. The van der Waals surface area contributed by atoms with E-state index in [1.165, 1.54) is 11.3 Å². The first-order valence-electron chi connectivity index (χ1n) is 5.75. The lowest BCUT2D eigenvalue weighted by molar-refractivity contribution is 0.321. The van der Waals surface area contributed by atoms with Gasteiger partial charge in [0, 0.05) is 12.6 Å². The first kappa shape index (κ1) is 13.4. The minimum absolute atomic E-state index is 0.0554. The molecule has 5 nitrogen and oxygen atoms in total. The number of ether oxygens (including phenoxy) is 2. The van der Waals surface area contributed by atoms with Crippen molar-refractivity contribution >= 4 is 17.2 Å². The average Bonchev–Trinajstić information content (AvgIpc) is 2.89. The molecule has 0 saturated carbocycles. The molecule has 1 aromatic carbocycles. The molecular weight excluding hydrogens is 262 g/mol. The number of nitrogens with one attached hydrogen (secondary N) is 1. The highest BCUT2D eigenvalue weighted by molar-refractivity contribution is 7.13. The van der Waals surface area contributed by atoms with Gasteiger partial charge in [0.2, 0.25) is 0 Å². The molecular formula is C13H15N3O2S. The van der Waals surface area contributed by atoms with Gasteiger partial charge in [0.05, 0.1) is 23.6 Å². The molecule has 100 valence electrons. The maximum atomic E-state index is 7.30. The Labute approximate surface area is 115 Å². The predicted molar refractivity (Wildman–Crippen MR) is 75.3 cm³/mol. The number of nitrogens with two attached hydrogens (primary N) is 1. The summed E-state index contributed by atoms with van der Waals surface area (Å²) in [6, 6.07) is 7.43. The van der Waals surface area contributed by atoms with Crippen molar-refractivity contribution in [3.63, 3.8) is 0 Å². The van der Waals surface area contributed by atoms with Crippen molar-refractivity contribution in [3.8, 4) is 11.5 Å². The summed E-state index contributed by atoms with van der Waals surface area (Å²) < 4.78 is 10.7. The third-order valence-electron chi connectivity index (χ3n) is 2.46. The molecule has 0 fully saturated rings. The van der Waals surface area contributed by atoms with E-state index in [0.717, 1.165) is 16.5 Å². The predicted octanol–water partition coefficient (Wildman–Crippen LogP) is 2.06. The van der Waals surface area contributed by atoms with Crippen LogP contribution < -0.4 is 15.2 Å². The molecule has 1 aromatic heterocycles. The van der Waals surface area contributed by atoms with Gasteiger partial charge in [-0.1, -0.05) is 0 Å². The number of hydrogen-bond acceptors (Lipinski definition) is 5. The zero-order valence-corrected chi connectivity index (χ0v) is 11.4. The molecule has 0 aliphatic rings. The Bertz CT molecular complexity index is 551. The molecule has 0 spiro atoms. The molecule has 1 heterocycles. The van der Waals surface area contributed by atoms with Crippen molar-refractivity contribution in [2.75, 3.05) is 13.7 Å². The fourth-order valence-corrected chi connectivity index (χ4v) is 2.24. The van der Waals surface area contributed by atoms with Crippen LogP contribution in [0, 0.1) is 5.41 Å². The topological polar surface area (TPSA) is 81.2 Å². The van der Waals surface area contributed by atoms with E-state index >= 15 is 0 Å². The summed E-state index contributed by atoms with van der Waals surface area (Å²) in [5, 5.41) is 8.22. The number of thiazole rings is 1. The number of rotatable bonds is 6. The van der Waals surface area contributed by atoms with Crippen LogP contribution in [-0.2, 0) is 6.42 Å². The van der Waals surface area contributed by atoms with Gasteiger partial charge in [0.1, 0.15) is 17.3 Å². The van der Waals surface area contributed by atoms with E-state index in [0.29, 0.717) is 17.9 Å². The van der Waals surface area contributed by atoms with Crippen LogP contribution in [0.25, 0.3) is 0 Å². The molecule has 2 aromatic rings. The Morgan fingerprint density at radius 3 is 2.58 bits per heavy atom. The lowest BCUT2D eigenvalue weighted by atomic mass is 10.3. The van der Waals surface area contributed by atoms with Crippen LogP contribution in [0.3, 0.4) is 0 Å². The maximum Gasteiger partial charge on any atom is 0.134 e. The first-order valence-corrected chi connectivity index (χ1v) is 6.56. The van der Waals surface area contributed by atoms with E-state index in [1.54, 1.807) is 13.3 Å². The van der Waals surface area contributed by atoms with Crippen molar-refractivity contribution in [1.82, 2.24) is 4.98 Å². The molecule has 2 rings (SSSR count). The quantitative estimate of drug-likeness (QED) is 0.625. The third kappa shape index (κ3) is 3.69. The van der Waals surface area contributed by atoms with Crippen LogP contribution in [0.2, 0.25) is 0 Å². The van der Waals surface area contributed by atoms with Crippen LogP contribution in [0.4, 0.5) is 0 Å². The number of hydrogen-bond donors (Lipinski definition) is 2. The maximum absolute atomic E-state index is 7.30. The molecule has 0 bridgehead atoms. The second kappa shape index (κ2) is 6.19. The van der Waals surface area contributed by atoms with E-state index in [1.807, 2.05) is 24.3 Å². The fraction of sp³-hybridized carbons (Fsp3) is 0.231. The highest BCUT2D eigenvalue weighted by Gasteiger charge is 2.04. The number of nitrogen functional groups attached to an aromatic ring is 1. The minimum atomic E-state index is 0.0554. The second-order valence-electron chi connectivity index (χ2n) is 3.81. The molecule has 0 unspecified atom stereocenters. The number of nitrogens with zero attached hydrogens (tertiary/aromatic N) is 1. The van der Waals surface area contributed by atoms with E-state index < -0.39 is 0 Å². The van der Waals surface area contributed by atoms with Crippen LogP contribution in [0.1, 0.15) is 9.88 Å². The molecule has 0 radical (unpaired) electrons. The molecule has 6 heteroatoms. The van der Waals surface area contributed by atoms with Crippen molar-refractivity contribution in [1.29, 1.82) is 5.41 Å². The summed E-state index contributed by atoms with van der Waals surface area (Å²) in [5.41, 5.74) is 5.38. The van der Waals surface area contributed by atoms with Gasteiger partial charge in [-0.3, -0.25) is 5.41 Å². The zero-order chi connectivity index (χ0) is 13.7. The Morgan fingerprint density at radius 2 is 2.00 bits per heavy atom. The van der Waals surface area contributed by atoms with Crippen molar-refractivity contribution in [2.45, 2.75) is 6.42 Å². The van der Waals surface area contributed by atoms with Gasteiger partial charge in [0.15, 0.2) is 0 Å². The first-order chi connectivity index (χ1) is 9.19. The molecule has 19 heavy (non-hydrogen) atoms. The summed E-state index contributed by atoms with van der Waals surface area (Å²) in [4.78, 5) is 4.89. The van der Waals surface area contributed by atoms with E-state index in [-0.39, 0.29) is 5.84 Å². The molecule has 0 aliphatic heterocycles. The van der Waals surface area contributed by atoms with Crippen molar-refractivity contribution in [2.24, 2.45) is 5.73 Å². The van der Waals surface area contributed by atoms with Crippen molar-refractivity contribution < 1.29 is 9.47 Å². The normalized spacial score (nSPS) is 10.2. The third-order valence-corrected chi connectivity index (χ3v) is 3.55. The standard InChI is InChI=1S/C13H15N3O2S/c1-17-9-2-4-10(5-3-9)18-7-6-12-16-8-11(19-12)13(14)15/h2-5,8H,6-7H2,1H3,(H3,14,15). The number of methoxy groups -OCH3 is 1. The molecule has 0 saturated heterocycles. The van der Waals surface area contributed by atoms with Crippen LogP contribution >= 0.6 is 11.3 Å². The highest BCUT2D eigenvalue weighted by atomic mass is 32.1. The van der Waals surface area contributed by atoms with Gasteiger partial charge in [-0.15, -0.1) is 11.3 Å². The Kier molecular flexibility index (Phi) is 4.35. The summed E-state index contributed by atoms with van der Waals surface area (Å²) in [6.45, 7) is 0.539. The summed E-state index contributed by atoms with van der Waals surface area (Å²) in [6.07, 6.45) is 2.32. The van der Waals surface area contributed by atoms with E-state index in [9.17, 15) is 0 Å². The highest BCUT2D eigenvalue weighted by Crippen LogP contribution is 2.18. The van der Waals surface area contributed by atoms with Crippen LogP contribution in [0.5, 0.6) is 11.5 Å². The molecule has 0 amide bonds. The second-order valence-corrected chi connectivity index (χ2v) is 4.92. The molecule has 0 aliphatic carbocycles. The number of amidine groups is 1. The average molecular weight is 277 g/mol. The lowest BCUT2D eigenvalue weighted by Gasteiger charge is -2.05. The fourth-order valence-electron chi connectivity index (χ4n) is 1.48. The monoisotopic (exact) mass is 277 g/mol. The smallest absolute Gasteiger partial charge is 0.134 e. The zero-order valence-electron chi connectivity index (χ0n) is 10.6. The lowest BCUT2D eigenvalue weighted by Crippen LogP contribution is -2.08. The Hall–Kier alpha value is -2.08.